The molecule has 12 heteroatoms. The maximum atomic E-state index is 12.5. The Morgan fingerprint density at radius 2 is 1.04 bits per heavy atom. The van der Waals surface area contributed by atoms with E-state index in [1.54, 1.807) is 0 Å². The van der Waals surface area contributed by atoms with E-state index >= 15 is 0 Å². The molecule has 0 saturated heterocycles. The summed E-state index contributed by atoms with van der Waals surface area (Å²) in [5.74, 6) is -2.39. The molecule has 0 radical (unpaired) electrons. The number of unbranched alkanes of at least 4 members (excludes halogenated alkanes) is 19. The van der Waals surface area contributed by atoms with Crippen molar-refractivity contribution >= 4 is 25.7 Å². The number of rotatable bonds is 35. The fourth-order valence-electron chi connectivity index (χ4n) is 5.00. The van der Waals surface area contributed by atoms with E-state index in [4.69, 9.17) is 24.8 Å². The third-order valence-corrected chi connectivity index (χ3v) is 8.96. The molecule has 282 valence electrons. The van der Waals surface area contributed by atoms with Crippen LogP contribution < -0.4 is 5.73 Å². The monoisotopic (exact) mass is 705 g/mol. The van der Waals surface area contributed by atoms with E-state index in [2.05, 4.69) is 30.5 Å². The van der Waals surface area contributed by atoms with Gasteiger partial charge in [0.05, 0.1) is 13.2 Å². The highest BCUT2D eigenvalue weighted by Gasteiger charge is 2.28. The van der Waals surface area contributed by atoms with Crippen LogP contribution in [0, 0.1) is 0 Å². The summed E-state index contributed by atoms with van der Waals surface area (Å²) < 4.78 is 32.5. The molecule has 0 heterocycles. The van der Waals surface area contributed by atoms with Crippen LogP contribution in [0.15, 0.2) is 12.2 Å². The topological polar surface area (TPSA) is 172 Å². The van der Waals surface area contributed by atoms with Gasteiger partial charge >= 0.3 is 25.7 Å². The lowest BCUT2D eigenvalue weighted by molar-refractivity contribution is -0.161. The Morgan fingerprint density at radius 1 is 0.625 bits per heavy atom. The minimum atomic E-state index is -4.70. The fraction of sp³-hybridized carbons (Fsp3) is 0.861. The number of ether oxygens (including phenoxy) is 2. The predicted octanol–water partition coefficient (Wildman–Crippen LogP) is 8.95. The van der Waals surface area contributed by atoms with Crippen LogP contribution in [-0.4, -0.2) is 59.9 Å². The van der Waals surface area contributed by atoms with E-state index in [1.807, 2.05) is 0 Å². The maximum absolute atomic E-state index is 12.5. The number of phosphoric acid groups is 1. The lowest BCUT2D eigenvalue weighted by Gasteiger charge is -2.20. The van der Waals surface area contributed by atoms with E-state index in [-0.39, 0.29) is 19.4 Å². The Hall–Kier alpha value is -1.78. The van der Waals surface area contributed by atoms with Crippen LogP contribution >= 0.6 is 7.82 Å². The highest BCUT2D eigenvalue weighted by Crippen LogP contribution is 2.43. The average Bonchev–Trinajstić information content (AvgIpc) is 3.05. The number of allylic oxidation sites excluding steroid dienone is 2. The van der Waals surface area contributed by atoms with Crippen LogP contribution in [0.2, 0.25) is 0 Å². The first-order valence-corrected chi connectivity index (χ1v) is 20.2. The van der Waals surface area contributed by atoms with Crippen molar-refractivity contribution in [2.75, 3.05) is 19.8 Å². The molecule has 0 bridgehead atoms. The third kappa shape index (κ3) is 31.5. The van der Waals surface area contributed by atoms with Gasteiger partial charge in [0, 0.05) is 12.8 Å². The Balaban J connectivity index is 4.45. The van der Waals surface area contributed by atoms with Gasteiger partial charge in [0.1, 0.15) is 12.6 Å². The number of phosphoric ester groups is 1. The van der Waals surface area contributed by atoms with Crippen LogP contribution in [0.3, 0.4) is 0 Å². The molecule has 0 fully saturated rings. The number of aliphatic carboxylic acids is 1. The summed E-state index contributed by atoms with van der Waals surface area (Å²) >= 11 is 0. The van der Waals surface area contributed by atoms with E-state index in [1.165, 1.54) is 70.6 Å². The van der Waals surface area contributed by atoms with E-state index in [0.717, 1.165) is 57.8 Å². The normalized spacial score (nSPS) is 14.1. The van der Waals surface area contributed by atoms with Crippen LogP contribution in [0.1, 0.15) is 168 Å². The standard InChI is InChI=1S/C36H68NO10P/c1-3-5-7-9-11-13-15-16-18-19-21-23-25-27-34(38)44-29-32(30-45-48(42,43)46-31-33(37)36(40)41)47-35(39)28-26-24-22-20-17-14-12-10-8-6-4-2/h13,15,32-33H,3-12,14,16-31,37H2,1-2H3,(H,40,41)(H,42,43). The summed E-state index contributed by atoms with van der Waals surface area (Å²) in [7, 11) is -4.70. The molecule has 0 spiro atoms. The molecule has 11 nitrogen and oxygen atoms in total. The number of carboxylic acids is 1. The maximum Gasteiger partial charge on any atom is 0.472 e. The third-order valence-electron chi connectivity index (χ3n) is 8.01. The second-order valence-corrected chi connectivity index (χ2v) is 14.2. The zero-order valence-electron chi connectivity index (χ0n) is 30.1. The number of nitrogens with two attached hydrogens (primary N) is 1. The summed E-state index contributed by atoms with van der Waals surface area (Å²) in [6.07, 6.45) is 28.5. The molecular weight excluding hydrogens is 637 g/mol. The molecule has 0 rings (SSSR count). The molecule has 0 aliphatic rings. The minimum absolute atomic E-state index is 0.164. The number of esters is 2. The Labute approximate surface area is 290 Å². The molecule has 48 heavy (non-hydrogen) atoms. The molecule has 0 aliphatic heterocycles. The smallest absolute Gasteiger partial charge is 0.472 e. The summed E-state index contributed by atoms with van der Waals surface area (Å²) in [6, 6.07) is -1.52. The quantitative estimate of drug-likeness (QED) is 0.0249. The molecule has 0 amide bonds. The van der Waals surface area contributed by atoms with Crippen molar-refractivity contribution in [3.8, 4) is 0 Å². The van der Waals surface area contributed by atoms with Gasteiger partial charge in [-0.25, -0.2) is 4.57 Å². The van der Waals surface area contributed by atoms with Gasteiger partial charge in [0.15, 0.2) is 6.10 Å². The van der Waals surface area contributed by atoms with Crippen molar-refractivity contribution in [3.63, 3.8) is 0 Å². The minimum Gasteiger partial charge on any atom is -0.480 e. The first kappa shape index (κ1) is 46.2. The van der Waals surface area contributed by atoms with Crippen molar-refractivity contribution < 1.29 is 47.5 Å². The highest BCUT2D eigenvalue weighted by atomic mass is 31.2. The highest BCUT2D eigenvalue weighted by molar-refractivity contribution is 7.47. The number of carboxylic acid groups (broad SMARTS) is 1. The zero-order chi connectivity index (χ0) is 35.7. The predicted molar refractivity (Wildman–Crippen MR) is 189 cm³/mol. The van der Waals surface area contributed by atoms with Crippen LogP contribution in [0.4, 0.5) is 0 Å². The van der Waals surface area contributed by atoms with Gasteiger partial charge in [-0.3, -0.25) is 23.4 Å². The average molecular weight is 706 g/mol. The molecule has 3 atom stereocenters. The van der Waals surface area contributed by atoms with Gasteiger partial charge in [-0.05, 0) is 38.5 Å². The van der Waals surface area contributed by atoms with Gasteiger partial charge in [-0.2, -0.15) is 0 Å². The second-order valence-electron chi connectivity index (χ2n) is 12.7. The molecule has 0 aliphatic carbocycles. The number of carbonyl (C=O) groups excluding carboxylic acids is 2. The Morgan fingerprint density at radius 3 is 1.54 bits per heavy atom. The largest absolute Gasteiger partial charge is 0.480 e. The second kappa shape index (κ2) is 32.4. The SMILES string of the molecule is CCCCCCC=CCCCCCCCC(=O)OCC(COP(=O)(O)OCC(N)C(=O)O)OC(=O)CCCCCCCCCCCCC. The molecule has 0 aromatic heterocycles. The van der Waals surface area contributed by atoms with Crippen LogP contribution in [0.25, 0.3) is 0 Å². The van der Waals surface area contributed by atoms with Gasteiger partial charge in [-0.15, -0.1) is 0 Å². The van der Waals surface area contributed by atoms with Crippen molar-refractivity contribution in [1.82, 2.24) is 0 Å². The zero-order valence-corrected chi connectivity index (χ0v) is 31.0. The van der Waals surface area contributed by atoms with Crippen molar-refractivity contribution in [3.05, 3.63) is 12.2 Å². The van der Waals surface area contributed by atoms with E-state index < -0.39 is 51.1 Å². The number of carbonyl (C=O) groups is 3. The van der Waals surface area contributed by atoms with Crippen LogP contribution in [-0.2, 0) is 37.5 Å². The van der Waals surface area contributed by atoms with Crippen LogP contribution in [0.5, 0.6) is 0 Å². The number of hydrogen-bond donors (Lipinski definition) is 3. The summed E-state index contributed by atoms with van der Waals surface area (Å²) in [4.78, 5) is 45.6. The van der Waals surface area contributed by atoms with Crippen molar-refractivity contribution in [2.24, 2.45) is 5.73 Å². The van der Waals surface area contributed by atoms with Gasteiger partial charge < -0.3 is 25.2 Å². The lowest BCUT2D eigenvalue weighted by Crippen LogP contribution is -2.34. The Bertz CT molecular complexity index is 885. The van der Waals surface area contributed by atoms with Gasteiger partial charge in [-0.1, -0.05) is 129 Å². The fourth-order valence-corrected chi connectivity index (χ4v) is 5.78. The van der Waals surface area contributed by atoms with E-state index in [0.29, 0.717) is 12.8 Å². The summed E-state index contributed by atoms with van der Waals surface area (Å²) in [6.45, 7) is 2.75. The Kier molecular flexibility index (Phi) is 31.2. The summed E-state index contributed by atoms with van der Waals surface area (Å²) in [5, 5.41) is 8.84. The molecule has 3 unspecified atom stereocenters. The van der Waals surface area contributed by atoms with Crippen molar-refractivity contribution in [1.29, 1.82) is 0 Å². The van der Waals surface area contributed by atoms with E-state index in [9.17, 15) is 23.8 Å². The molecule has 0 aromatic rings. The summed E-state index contributed by atoms with van der Waals surface area (Å²) in [5.41, 5.74) is 5.31. The van der Waals surface area contributed by atoms with Crippen molar-refractivity contribution in [2.45, 2.75) is 180 Å². The molecular formula is C36H68NO10P. The first-order chi connectivity index (χ1) is 23.1. The molecule has 4 N–H and O–H groups in total. The first-order valence-electron chi connectivity index (χ1n) is 18.7. The molecule has 0 saturated carbocycles. The molecule has 0 aromatic carbocycles. The lowest BCUT2D eigenvalue weighted by atomic mass is 10.1. The van der Waals surface area contributed by atoms with Gasteiger partial charge in [0.2, 0.25) is 0 Å². The number of hydrogen-bond acceptors (Lipinski definition) is 9. The van der Waals surface area contributed by atoms with Gasteiger partial charge in [0.25, 0.3) is 0 Å².